The smallest absolute Gasteiger partial charge is 0.281 e. The maximum absolute atomic E-state index is 12.3. The number of hydrogen-bond donors (Lipinski definition) is 2. The minimum atomic E-state index is -4.68. The molecule has 0 radical (unpaired) electrons. The van der Waals surface area contributed by atoms with Gasteiger partial charge in [-0.1, -0.05) is 31.9 Å². The molecule has 2 rings (SSSR count). The van der Waals surface area contributed by atoms with E-state index in [4.69, 9.17) is 0 Å². The highest BCUT2D eigenvalue weighted by atomic mass is 79.9. The Bertz CT molecular complexity index is 821. The SMILES string of the molecule is Cc1c(Br)cc(NC(=O)[C@@H](c2cncnc2)S(=O)(=O)O)cc1Br. The largest absolute Gasteiger partial charge is 0.325 e. The number of hydrogen-bond acceptors (Lipinski definition) is 5. The van der Waals surface area contributed by atoms with Gasteiger partial charge in [0.2, 0.25) is 5.91 Å². The summed E-state index contributed by atoms with van der Waals surface area (Å²) >= 11 is 6.68. The Balaban J connectivity index is 2.37. The molecule has 0 fully saturated rings. The van der Waals surface area contributed by atoms with E-state index in [1.165, 1.54) is 6.33 Å². The third kappa shape index (κ3) is 4.34. The molecule has 2 aromatic rings. The minimum Gasteiger partial charge on any atom is -0.325 e. The van der Waals surface area contributed by atoms with Crippen molar-refractivity contribution in [2.45, 2.75) is 12.2 Å². The number of benzene rings is 1. The molecule has 1 amide bonds. The molecule has 122 valence electrons. The Morgan fingerprint density at radius 3 is 2.22 bits per heavy atom. The molecule has 1 aromatic carbocycles. The van der Waals surface area contributed by atoms with E-state index in [1.807, 2.05) is 6.92 Å². The lowest BCUT2D eigenvalue weighted by atomic mass is 10.2. The number of carbonyl (C=O) groups is 1. The Kier molecular flexibility index (Phi) is 5.50. The lowest BCUT2D eigenvalue weighted by molar-refractivity contribution is -0.116. The van der Waals surface area contributed by atoms with Gasteiger partial charge in [-0.15, -0.1) is 0 Å². The van der Waals surface area contributed by atoms with Crippen molar-refractivity contribution < 1.29 is 17.8 Å². The van der Waals surface area contributed by atoms with Crippen LogP contribution < -0.4 is 5.32 Å². The second-order valence-electron chi connectivity index (χ2n) is 4.62. The van der Waals surface area contributed by atoms with Gasteiger partial charge >= 0.3 is 0 Å². The molecule has 0 aliphatic heterocycles. The van der Waals surface area contributed by atoms with Gasteiger partial charge in [0.05, 0.1) is 0 Å². The lowest BCUT2D eigenvalue weighted by Gasteiger charge is -2.15. The Labute approximate surface area is 149 Å². The maximum Gasteiger partial charge on any atom is 0.281 e. The average molecular weight is 465 g/mol. The molecule has 0 aliphatic carbocycles. The van der Waals surface area contributed by atoms with Gasteiger partial charge in [-0.2, -0.15) is 8.42 Å². The third-order valence-corrected chi connectivity index (χ3v) is 5.70. The zero-order valence-corrected chi connectivity index (χ0v) is 15.7. The van der Waals surface area contributed by atoms with Crippen LogP contribution in [0.5, 0.6) is 0 Å². The van der Waals surface area contributed by atoms with Gasteiger partial charge in [-0.05, 0) is 24.6 Å². The van der Waals surface area contributed by atoms with Crippen molar-refractivity contribution in [3.63, 3.8) is 0 Å². The molecule has 10 heteroatoms. The van der Waals surface area contributed by atoms with Gasteiger partial charge in [0, 0.05) is 32.6 Å². The van der Waals surface area contributed by atoms with Gasteiger partial charge in [0.15, 0.2) is 5.25 Å². The van der Waals surface area contributed by atoms with Gasteiger partial charge in [0.25, 0.3) is 10.1 Å². The topological polar surface area (TPSA) is 109 Å². The summed E-state index contributed by atoms with van der Waals surface area (Å²) in [7, 11) is -4.68. The van der Waals surface area contributed by atoms with Gasteiger partial charge in [-0.3, -0.25) is 9.35 Å². The summed E-state index contributed by atoms with van der Waals surface area (Å²) in [6, 6.07) is 3.25. The van der Waals surface area contributed by atoms with Crippen LogP contribution in [0.25, 0.3) is 0 Å². The first-order valence-corrected chi connectivity index (χ1v) is 9.27. The third-order valence-electron chi connectivity index (χ3n) is 2.97. The van der Waals surface area contributed by atoms with Crippen molar-refractivity contribution in [3.05, 3.63) is 50.9 Å². The lowest BCUT2D eigenvalue weighted by Crippen LogP contribution is -2.28. The molecule has 2 N–H and O–H groups in total. The number of rotatable bonds is 4. The minimum absolute atomic E-state index is 0.0299. The molecule has 1 heterocycles. The normalized spacial score (nSPS) is 12.7. The molecule has 1 aromatic heterocycles. The molecule has 0 bridgehead atoms. The summed E-state index contributed by atoms with van der Waals surface area (Å²) in [6.45, 7) is 1.86. The fraction of sp³-hybridized carbons (Fsp3) is 0.154. The van der Waals surface area contributed by atoms with E-state index in [0.29, 0.717) is 5.69 Å². The predicted octanol–water partition coefficient (Wildman–Crippen LogP) is 2.88. The number of nitrogens with zero attached hydrogens (tertiary/aromatic N) is 2. The highest BCUT2D eigenvalue weighted by Gasteiger charge is 2.33. The summed E-state index contributed by atoms with van der Waals surface area (Å²) in [4.78, 5) is 19.7. The molecule has 0 unspecified atom stereocenters. The van der Waals surface area contributed by atoms with Gasteiger partial charge < -0.3 is 5.32 Å². The number of aromatic nitrogens is 2. The van der Waals surface area contributed by atoms with Gasteiger partial charge in [-0.25, -0.2) is 9.97 Å². The Morgan fingerprint density at radius 1 is 1.22 bits per heavy atom. The first-order chi connectivity index (χ1) is 10.7. The van der Waals surface area contributed by atoms with Crippen LogP contribution in [0.3, 0.4) is 0 Å². The highest BCUT2D eigenvalue weighted by Crippen LogP contribution is 2.30. The number of halogens is 2. The van der Waals surface area contributed by atoms with Crippen molar-refractivity contribution in [3.8, 4) is 0 Å². The summed E-state index contributed by atoms with van der Waals surface area (Å²) in [5, 5.41) is 0.645. The van der Waals surface area contributed by atoms with E-state index in [9.17, 15) is 17.8 Å². The number of carbonyl (C=O) groups excluding carboxylic acids is 1. The van der Waals surface area contributed by atoms with Crippen LogP contribution in [-0.4, -0.2) is 28.8 Å². The highest BCUT2D eigenvalue weighted by molar-refractivity contribution is 9.11. The van der Waals surface area contributed by atoms with Crippen LogP contribution in [0.15, 0.2) is 39.8 Å². The molecular weight excluding hydrogens is 454 g/mol. The van der Waals surface area contributed by atoms with Crippen LogP contribution >= 0.6 is 31.9 Å². The summed E-state index contributed by atoms with van der Waals surface area (Å²) in [6.07, 6.45) is 3.51. The van der Waals surface area contributed by atoms with Crippen LogP contribution in [-0.2, 0) is 14.9 Å². The monoisotopic (exact) mass is 463 g/mol. The average Bonchev–Trinajstić information content (AvgIpc) is 2.44. The van der Waals surface area contributed by atoms with Gasteiger partial charge in [0.1, 0.15) is 6.33 Å². The molecule has 1 atom stereocenters. The molecule has 0 saturated carbocycles. The summed E-state index contributed by atoms with van der Waals surface area (Å²) < 4.78 is 34.0. The first kappa shape index (κ1) is 18.0. The summed E-state index contributed by atoms with van der Waals surface area (Å²) in [5.41, 5.74) is 1.26. The number of anilines is 1. The molecular formula is C13H11Br2N3O4S. The summed E-state index contributed by atoms with van der Waals surface area (Å²) in [5.74, 6) is -0.912. The van der Waals surface area contributed by atoms with E-state index in [2.05, 4.69) is 47.1 Å². The van der Waals surface area contributed by atoms with Crippen molar-refractivity contribution in [1.82, 2.24) is 9.97 Å². The first-order valence-electron chi connectivity index (χ1n) is 6.18. The van der Waals surface area contributed by atoms with E-state index >= 15 is 0 Å². The second-order valence-corrected chi connectivity index (χ2v) is 7.83. The fourth-order valence-corrected chi connectivity index (χ4v) is 3.81. The van der Waals surface area contributed by atoms with Crippen LogP contribution in [0.4, 0.5) is 5.69 Å². The predicted molar refractivity (Wildman–Crippen MR) is 91.5 cm³/mol. The fourth-order valence-electron chi connectivity index (χ4n) is 1.83. The van der Waals surface area contributed by atoms with Crippen molar-refractivity contribution in [1.29, 1.82) is 0 Å². The zero-order chi connectivity index (χ0) is 17.2. The standard InChI is InChI=1S/C13H11Br2N3O4S/c1-7-10(14)2-9(3-11(7)15)18-13(19)12(23(20,21)22)8-4-16-6-17-5-8/h2-6,12H,1H3,(H,18,19)(H,20,21,22)/t12-/m1/s1. The second kappa shape index (κ2) is 7.04. The zero-order valence-electron chi connectivity index (χ0n) is 11.7. The molecule has 7 nitrogen and oxygen atoms in total. The molecule has 23 heavy (non-hydrogen) atoms. The number of nitrogens with one attached hydrogen (secondary N) is 1. The van der Waals surface area contributed by atoms with E-state index in [-0.39, 0.29) is 5.56 Å². The van der Waals surface area contributed by atoms with E-state index < -0.39 is 21.3 Å². The Morgan fingerprint density at radius 2 is 1.74 bits per heavy atom. The van der Waals surface area contributed by atoms with Crippen molar-refractivity contribution >= 4 is 53.6 Å². The van der Waals surface area contributed by atoms with Crippen LogP contribution in [0.2, 0.25) is 0 Å². The van der Waals surface area contributed by atoms with Crippen molar-refractivity contribution in [2.75, 3.05) is 5.32 Å². The molecule has 0 saturated heterocycles. The van der Waals surface area contributed by atoms with Crippen LogP contribution in [0.1, 0.15) is 16.4 Å². The van der Waals surface area contributed by atoms with Crippen LogP contribution in [0, 0.1) is 6.92 Å². The quantitative estimate of drug-likeness (QED) is 0.673. The van der Waals surface area contributed by atoms with E-state index in [1.54, 1.807) is 12.1 Å². The maximum atomic E-state index is 12.3. The van der Waals surface area contributed by atoms with Crippen molar-refractivity contribution in [2.24, 2.45) is 0 Å². The number of amides is 1. The molecule has 0 aliphatic rings. The van der Waals surface area contributed by atoms with E-state index in [0.717, 1.165) is 26.9 Å². The Hall–Kier alpha value is -1.36. The molecule has 0 spiro atoms.